The molecule has 0 radical (unpaired) electrons. The van der Waals surface area contributed by atoms with Crippen LogP contribution in [0.1, 0.15) is 12.8 Å². The van der Waals surface area contributed by atoms with Crippen LogP contribution in [0.25, 0.3) is 0 Å². The lowest BCUT2D eigenvalue weighted by molar-refractivity contribution is 0.171. The van der Waals surface area contributed by atoms with E-state index < -0.39 is 0 Å². The maximum absolute atomic E-state index is 6.41. The standard InChI is InChI=1S/C19H26N6O2/c1-24-7-5-14(6-8-24)25(2)19-17(20)18(21-12-22-19)23-13-3-4-15-16(11-13)27-10-9-26-15/h3-4,11-12,14H,5-10,20H2,1-2H3,(H,21,22,23). The molecule has 144 valence electrons. The molecule has 0 bridgehead atoms. The third kappa shape index (κ3) is 3.71. The van der Waals surface area contributed by atoms with Crippen molar-refractivity contribution < 1.29 is 9.47 Å². The summed E-state index contributed by atoms with van der Waals surface area (Å²) in [5.74, 6) is 2.84. The number of likely N-dealkylation sites (tertiary alicyclic amines) is 1. The zero-order valence-corrected chi connectivity index (χ0v) is 15.8. The fourth-order valence-corrected chi connectivity index (χ4v) is 3.58. The topological polar surface area (TPSA) is 88.8 Å². The highest BCUT2D eigenvalue weighted by Crippen LogP contribution is 2.35. The molecule has 0 saturated carbocycles. The Morgan fingerprint density at radius 1 is 1.15 bits per heavy atom. The summed E-state index contributed by atoms with van der Waals surface area (Å²) in [6, 6.07) is 6.14. The summed E-state index contributed by atoms with van der Waals surface area (Å²) < 4.78 is 11.2. The van der Waals surface area contributed by atoms with Gasteiger partial charge in [0.1, 0.15) is 25.2 Å². The Morgan fingerprint density at radius 3 is 2.67 bits per heavy atom. The summed E-state index contributed by atoms with van der Waals surface area (Å²) in [5, 5.41) is 3.28. The van der Waals surface area contributed by atoms with Gasteiger partial charge in [0.25, 0.3) is 0 Å². The number of benzene rings is 1. The Labute approximate surface area is 159 Å². The quantitative estimate of drug-likeness (QED) is 0.846. The molecule has 0 amide bonds. The van der Waals surface area contributed by atoms with Crippen LogP contribution in [0.5, 0.6) is 11.5 Å². The Balaban J connectivity index is 1.53. The SMILES string of the molecule is CN1CCC(N(C)c2ncnc(Nc3ccc4c(c3)OCCO4)c2N)CC1. The normalized spacial score (nSPS) is 17.6. The van der Waals surface area contributed by atoms with Crippen molar-refractivity contribution in [3.8, 4) is 11.5 Å². The fourth-order valence-electron chi connectivity index (χ4n) is 3.58. The van der Waals surface area contributed by atoms with Gasteiger partial charge in [-0.15, -0.1) is 0 Å². The Morgan fingerprint density at radius 2 is 1.89 bits per heavy atom. The van der Waals surface area contributed by atoms with Crippen molar-refractivity contribution in [2.45, 2.75) is 18.9 Å². The third-order valence-corrected chi connectivity index (χ3v) is 5.24. The van der Waals surface area contributed by atoms with E-state index in [0.29, 0.717) is 30.8 Å². The molecule has 2 aliphatic rings. The third-order valence-electron chi connectivity index (χ3n) is 5.24. The van der Waals surface area contributed by atoms with Gasteiger partial charge in [0.05, 0.1) is 0 Å². The van der Waals surface area contributed by atoms with E-state index in [1.165, 1.54) is 0 Å². The van der Waals surface area contributed by atoms with Crippen molar-refractivity contribution in [2.75, 3.05) is 56.3 Å². The molecular weight excluding hydrogens is 344 g/mol. The van der Waals surface area contributed by atoms with Crippen LogP contribution in [0.2, 0.25) is 0 Å². The highest BCUT2D eigenvalue weighted by Gasteiger charge is 2.24. The number of nitrogens with one attached hydrogen (secondary N) is 1. The highest BCUT2D eigenvalue weighted by atomic mass is 16.6. The molecule has 4 rings (SSSR count). The van der Waals surface area contributed by atoms with Crippen molar-refractivity contribution in [1.82, 2.24) is 14.9 Å². The summed E-state index contributed by atoms with van der Waals surface area (Å²) >= 11 is 0. The minimum Gasteiger partial charge on any atom is -0.486 e. The molecule has 2 aromatic rings. The number of ether oxygens (including phenoxy) is 2. The number of fused-ring (bicyclic) bond motifs is 1. The van der Waals surface area contributed by atoms with Gasteiger partial charge in [-0.2, -0.15) is 0 Å². The van der Waals surface area contributed by atoms with Gasteiger partial charge in [-0.1, -0.05) is 0 Å². The first-order chi connectivity index (χ1) is 13.1. The van der Waals surface area contributed by atoms with Crippen molar-refractivity contribution in [2.24, 2.45) is 0 Å². The monoisotopic (exact) mass is 370 g/mol. The molecule has 3 N–H and O–H groups in total. The van der Waals surface area contributed by atoms with Crippen LogP contribution in [0.3, 0.4) is 0 Å². The summed E-state index contributed by atoms with van der Waals surface area (Å²) in [5.41, 5.74) is 7.80. The first-order valence-corrected chi connectivity index (χ1v) is 9.30. The van der Waals surface area contributed by atoms with Gasteiger partial charge >= 0.3 is 0 Å². The zero-order valence-electron chi connectivity index (χ0n) is 15.8. The van der Waals surface area contributed by atoms with Gasteiger partial charge in [-0.3, -0.25) is 0 Å². The van der Waals surface area contributed by atoms with E-state index in [4.69, 9.17) is 15.2 Å². The average Bonchev–Trinajstić information content (AvgIpc) is 2.69. The lowest BCUT2D eigenvalue weighted by Crippen LogP contribution is -2.42. The average molecular weight is 370 g/mol. The van der Waals surface area contributed by atoms with Crippen LogP contribution in [0.15, 0.2) is 24.5 Å². The van der Waals surface area contributed by atoms with Crippen molar-refractivity contribution in [1.29, 1.82) is 0 Å². The highest BCUT2D eigenvalue weighted by molar-refractivity contribution is 5.78. The Bertz CT molecular complexity index is 807. The summed E-state index contributed by atoms with van der Waals surface area (Å²) in [6.45, 7) is 3.30. The van der Waals surface area contributed by atoms with Crippen molar-refractivity contribution in [3.63, 3.8) is 0 Å². The van der Waals surface area contributed by atoms with Crippen molar-refractivity contribution in [3.05, 3.63) is 24.5 Å². The summed E-state index contributed by atoms with van der Waals surface area (Å²) in [4.78, 5) is 13.3. The fraction of sp³-hybridized carbons (Fsp3) is 0.474. The molecular formula is C19H26N6O2. The maximum Gasteiger partial charge on any atom is 0.163 e. The van der Waals surface area contributed by atoms with Crippen molar-refractivity contribution >= 4 is 23.0 Å². The maximum atomic E-state index is 6.41. The predicted octanol–water partition coefficient (Wildman–Crippen LogP) is 2.10. The number of piperidine rings is 1. The lowest BCUT2D eigenvalue weighted by atomic mass is 10.0. The van der Waals surface area contributed by atoms with Gasteiger partial charge in [0, 0.05) is 24.8 Å². The van der Waals surface area contributed by atoms with E-state index in [1.54, 1.807) is 6.33 Å². The molecule has 0 spiro atoms. The molecule has 27 heavy (non-hydrogen) atoms. The number of nitrogen functional groups attached to an aromatic ring is 1. The number of hydrogen-bond acceptors (Lipinski definition) is 8. The Hall–Kier alpha value is -2.74. The van der Waals surface area contributed by atoms with Gasteiger partial charge in [-0.25, -0.2) is 9.97 Å². The smallest absolute Gasteiger partial charge is 0.163 e. The molecule has 1 aromatic heterocycles. The van der Waals surface area contributed by atoms with Crippen LogP contribution < -0.4 is 25.4 Å². The number of nitrogens with zero attached hydrogens (tertiary/aromatic N) is 4. The van der Waals surface area contributed by atoms with E-state index >= 15 is 0 Å². The van der Waals surface area contributed by atoms with Crippen LogP contribution in [-0.2, 0) is 0 Å². The second-order valence-corrected chi connectivity index (χ2v) is 7.09. The first-order valence-electron chi connectivity index (χ1n) is 9.30. The lowest BCUT2D eigenvalue weighted by Gasteiger charge is -2.36. The second kappa shape index (κ2) is 7.48. The summed E-state index contributed by atoms with van der Waals surface area (Å²) in [7, 11) is 4.22. The molecule has 3 heterocycles. The molecule has 0 unspecified atom stereocenters. The van der Waals surface area contributed by atoms with E-state index in [0.717, 1.165) is 48.9 Å². The number of anilines is 4. The molecule has 0 atom stereocenters. The van der Waals surface area contributed by atoms with Gasteiger partial charge < -0.3 is 30.3 Å². The molecule has 8 heteroatoms. The minimum atomic E-state index is 0.431. The largest absolute Gasteiger partial charge is 0.486 e. The molecule has 0 aliphatic carbocycles. The number of hydrogen-bond donors (Lipinski definition) is 2. The van der Waals surface area contributed by atoms with Gasteiger partial charge in [-0.05, 0) is 45.1 Å². The van der Waals surface area contributed by atoms with E-state index in [-0.39, 0.29) is 0 Å². The minimum absolute atomic E-state index is 0.431. The van der Waals surface area contributed by atoms with Crippen LogP contribution in [0.4, 0.5) is 23.0 Å². The summed E-state index contributed by atoms with van der Waals surface area (Å²) in [6.07, 6.45) is 3.75. The van der Waals surface area contributed by atoms with Gasteiger partial charge in [0.15, 0.2) is 23.1 Å². The number of rotatable bonds is 4. The van der Waals surface area contributed by atoms with Crippen LogP contribution in [0, 0.1) is 0 Å². The van der Waals surface area contributed by atoms with Crippen LogP contribution in [-0.4, -0.2) is 61.3 Å². The van der Waals surface area contributed by atoms with Gasteiger partial charge in [0.2, 0.25) is 0 Å². The van der Waals surface area contributed by atoms with E-state index in [9.17, 15) is 0 Å². The van der Waals surface area contributed by atoms with E-state index in [2.05, 4.69) is 39.2 Å². The first kappa shape index (κ1) is 17.7. The predicted molar refractivity (Wildman–Crippen MR) is 106 cm³/mol. The van der Waals surface area contributed by atoms with Crippen LogP contribution >= 0.6 is 0 Å². The molecule has 8 nitrogen and oxygen atoms in total. The molecule has 1 fully saturated rings. The number of aromatic nitrogens is 2. The molecule has 2 aliphatic heterocycles. The van der Waals surface area contributed by atoms with E-state index in [1.807, 2.05) is 18.2 Å². The Kier molecular flexibility index (Phi) is 4.89. The number of nitrogens with two attached hydrogens (primary N) is 1. The molecule has 1 saturated heterocycles. The molecule has 1 aromatic carbocycles. The second-order valence-electron chi connectivity index (χ2n) is 7.09. The zero-order chi connectivity index (χ0) is 18.8.